The maximum absolute atomic E-state index is 10.3. The van der Waals surface area contributed by atoms with Gasteiger partial charge in [-0.15, -0.1) is 0 Å². The Kier molecular flexibility index (Phi) is 22.7. The van der Waals surface area contributed by atoms with E-state index in [-0.39, 0.29) is 0 Å². The summed E-state index contributed by atoms with van der Waals surface area (Å²) >= 11 is 0. The van der Waals surface area contributed by atoms with Gasteiger partial charge in [-0.2, -0.15) is 0 Å². The van der Waals surface area contributed by atoms with Crippen molar-refractivity contribution in [2.45, 2.75) is 149 Å². The molecular formula is C28H55NO2. The lowest BCUT2D eigenvalue weighted by Gasteiger charge is -2.17. The first-order valence-corrected chi connectivity index (χ1v) is 13.7. The number of rotatable bonds is 23. The van der Waals surface area contributed by atoms with Crippen LogP contribution < -0.4 is 0 Å². The van der Waals surface area contributed by atoms with E-state index < -0.39 is 0 Å². The van der Waals surface area contributed by atoms with E-state index in [0.717, 1.165) is 38.6 Å². The number of unbranched alkanes of at least 4 members (excludes halogenated alkanes) is 15. The van der Waals surface area contributed by atoms with Gasteiger partial charge in [-0.1, -0.05) is 117 Å². The Morgan fingerprint density at radius 1 is 0.484 bits per heavy atom. The summed E-state index contributed by atoms with van der Waals surface area (Å²) in [5.74, 6) is 0.886. The highest BCUT2D eigenvalue weighted by Crippen LogP contribution is 2.15. The van der Waals surface area contributed by atoms with Gasteiger partial charge in [-0.25, -0.2) is 0 Å². The molecule has 0 aromatic heterocycles. The summed E-state index contributed by atoms with van der Waals surface area (Å²) in [4.78, 5) is 2.02. The molecule has 0 bridgehead atoms. The first-order chi connectivity index (χ1) is 15.1. The minimum Gasteiger partial charge on any atom is -0.511 e. The van der Waals surface area contributed by atoms with Crippen molar-refractivity contribution in [1.82, 2.24) is 4.90 Å². The first-order valence-electron chi connectivity index (χ1n) is 13.7. The summed E-state index contributed by atoms with van der Waals surface area (Å²) in [6, 6.07) is 0. The van der Waals surface area contributed by atoms with Gasteiger partial charge in [0, 0.05) is 31.8 Å². The van der Waals surface area contributed by atoms with Gasteiger partial charge in [-0.3, -0.25) is 0 Å². The molecule has 0 amide bonds. The number of aliphatic hydroxyl groups is 2. The zero-order chi connectivity index (χ0) is 23.0. The lowest BCUT2D eigenvalue weighted by atomic mass is 10.1. The fourth-order valence-electron chi connectivity index (χ4n) is 3.93. The third-order valence-electron chi connectivity index (χ3n) is 5.97. The molecule has 0 fully saturated rings. The number of hydrogen-bond donors (Lipinski definition) is 2. The summed E-state index contributed by atoms with van der Waals surface area (Å²) in [5.41, 5.74) is 0. The molecule has 0 aliphatic heterocycles. The normalized spacial score (nSPS) is 12.5. The second-order valence-corrected chi connectivity index (χ2v) is 9.28. The van der Waals surface area contributed by atoms with Crippen molar-refractivity contribution < 1.29 is 10.2 Å². The van der Waals surface area contributed by atoms with Crippen LogP contribution in [0.3, 0.4) is 0 Å². The number of nitrogens with zero attached hydrogens (tertiary/aromatic N) is 1. The van der Waals surface area contributed by atoms with Crippen LogP contribution in [0.5, 0.6) is 0 Å². The van der Waals surface area contributed by atoms with Crippen LogP contribution in [-0.2, 0) is 0 Å². The van der Waals surface area contributed by atoms with Crippen molar-refractivity contribution >= 4 is 0 Å². The third-order valence-corrected chi connectivity index (χ3v) is 5.97. The lowest BCUT2D eigenvalue weighted by Crippen LogP contribution is -2.14. The Morgan fingerprint density at radius 2 is 0.806 bits per heavy atom. The Labute approximate surface area is 195 Å². The van der Waals surface area contributed by atoms with Crippen molar-refractivity contribution in [1.29, 1.82) is 0 Å². The maximum Gasteiger partial charge on any atom is 0.108 e. The van der Waals surface area contributed by atoms with Crippen molar-refractivity contribution in [3.63, 3.8) is 0 Å². The van der Waals surface area contributed by atoms with Gasteiger partial charge >= 0.3 is 0 Å². The minimum atomic E-state index is 0.443. The van der Waals surface area contributed by atoms with E-state index in [1.54, 1.807) is 0 Å². The van der Waals surface area contributed by atoms with Crippen LogP contribution in [-0.4, -0.2) is 21.7 Å². The average molecular weight is 438 g/mol. The standard InChI is InChI=1S/C28H55NO2/c1-4-7-10-13-14-15-16-17-18-21-24-29(25-27(30)22-19-11-8-5-2)26-28(31)23-20-12-9-6-3/h25-26,30-31H,4-24H2,1-3H3. The van der Waals surface area contributed by atoms with Crippen molar-refractivity contribution in [3.8, 4) is 0 Å². The zero-order valence-corrected chi connectivity index (χ0v) is 21.3. The summed E-state index contributed by atoms with van der Waals surface area (Å²) in [6.07, 6.45) is 27.7. The molecule has 0 saturated carbocycles. The molecule has 0 aromatic carbocycles. The fourth-order valence-corrected chi connectivity index (χ4v) is 3.93. The molecule has 2 N–H and O–H groups in total. The van der Waals surface area contributed by atoms with Gasteiger partial charge in [0.15, 0.2) is 0 Å². The molecule has 0 radical (unpaired) electrons. The highest BCUT2D eigenvalue weighted by atomic mass is 16.3. The predicted molar refractivity (Wildman–Crippen MR) is 137 cm³/mol. The van der Waals surface area contributed by atoms with Crippen LogP contribution in [0.25, 0.3) is 0 Å². The SMILES string of the molecule is CCCCCCCCCCCCN(C=C(O)CCCCCC)C=C(O)CCCCCC. The van der Waals surface area contributed by atoms with Gasteiger partial charge in [-0.05, 0) is 19.3 Å². The van der Waals surface area contributed by atoms with Crippen LogP contribution in [0.1, 0.15) is 149 Å². The quantitative estimate of drug-likeness (QED) is 0.123. The molecule has 3 nitrogen and oxygen atoms in total. The molecule has 0 spiro atoms. The van der Waals surface area contributed by atoms with Crippen LogP contribution >= 0.6 is 0 Å². The van der Waals surface area contributed by atoms with Gasteiger partial charge < -0.3 is 15.1 Å². The second kappa shape index (κ2) is 23.5. The van der Waals surface area contributed by atoms with Gasteiger partial charge in [0.05, 0.1) is 0 Å². The van der Waals surface area contributed by atoms with E-state index in [9.17, 15) is 10.2 Å². The summed E-state index contributed by atoms with van der Waals surface area (Å²) in [6.45, 7) is 7.55. The molecule has 31 heavy (non-hydrogen) atoms. The van der Waals surface area contributed by atoms with Crippen LogP contribution in [0.4, 0.5) is 0 Å². The Hall–Kier alpha value is -1.12. The third kappa shape index (κ3) is 21.9. The molecule has 184 valence electrons. The largest absolute Gasteiger partial charge is 0.511 e. The molecule has 0 atom stereocenters. The summed E-state index contributed by atoms with van der Waals surface area (Å²) < 4.78 is 0. The van der Waals surface area contributed by atoms with E-state index in [0.29, 0.717) is 11.5 Å². The molecule has 0 saturated heterocycles. The summed E-state index contributed by atoms with van der Waals surface area (Å²) in [7, 11) is 0. The van der Waals surface area contributed by atoms with Gasteiger partial charge in [0.25, 0.3) is 0 Å². The van der Waals surface area contributed by atoms with E-state index in [1.165, 1.54) is 96.3 Å². The smallest absolute Gasteiger partial charge is 0.108 e. The summed E-state index contributed by atoms with van der Waals surface area (Å²) in [5, 5.41) is 20.7. The topological polar surface area (TPSA) is 43.7 Å². The molecule has 0 aliphatic rings. The van der Waals surface area contributed by atoms with E-state index in [2.05, 4.69) is 20.8 Å². The van der Waals surface area contributed by atoms with E-state index >= 15 is 0 Å². The average Bonchev–Trinajstić information content (AvgIpc) is 2.75. The van der Waals surface area contributed by atoms with Crippen molar-refractivity contribution in [2.75, 3.05) is 6.54 Å². The fraction of sp³-hybridized carbons (Fsp3) is 0.857. The first kappa shape index (κ1) is 29.9. The minimum absolute atomic E-state index is 0.443. The number of aliphatic hydroxyl groups excluding tert-OH is 2. The zero-order valence-electron chi connectivity index (χ0n) is 21.3. The number of allylic oxidation sites excluding steroid dienone is 2. The Balaban J connectivity index is 4.33. The second-order valence-electron chi connectivity index (χ2n) is 9.28. The van der Waals surface area contributed by atoms with Crippen LogP contribution in [0, 0.1) is 0 Å². The Bertz CT molecular complexity index is 403. The highest BCUT2D eigenvalue weighted by Gasteiger charge is 2.04. The van der Waals surface area contributed by atoms with Crippen LogP contribution in [0.15, 0.2) is 23.9 Å². The highest BCUT2D eigenvalue weighted by molar-refractivity contribution is 4.99. The molecule has 3 heteroatoms. The van der Waals surface area contributed by atoms with Gasteiger partial charge in [0.2, 0.25) is 0 Å². The molecular weight excluding hydrogens is 382 g/mol. The monoisotopic (exact) mass is 437 g/mol. The Morgan fingerprint density at radius 3 is 1.19 bits per heavy atom. The molecule has 0 aromatic rings. The van der Waals surface area contributed by atoms with E-state index in [4.69, 9.17) is 0 Å². The number of hydrogen-bond acceptors (Lipinski definition) is 3. The van der Waals surface area contributed by atoms with Crippen molar-refractivity contribution in [2.24, 2.45) is 0 Å². The van der Waals surface area contributed by atoms with Crippen LogP contribution in [0.2, 0.25) is 0 Å². The van der Waals surface area contributed by atoms with E-state index in [1.807, 2.05) is 17.3 Å². The van der Waals surface area contributed by atoms with Gasteiger partial charge in [0.1, 0.15) is 11.5 Å². The predicted octanol–water partition coefficient (Wildman–Crippen LogP) is 9.95. The molecule has 0 heterocycles. The molecule has 0 aliphatic carbocycles. The lowest BCUT2D eigenvalue weighted by molar-refractivity contribution is 0.334. The molecule has 0 unspecified atom stereocenters. The molecule has 0 rings (SSSR count). The van der Waals surface area contributed by atoms with Crippen molar-refractivity contribution in [3.05, 3.63) is 23.9 Å². The maximum atomic E-state index is 10.3.